The van der Waals surface area contributed by atoms with Gasteiger partial charge < -0.3 is 10.5 Å². The second-order valence-electron chi connectivity index (χ2n) is 5.30. The van der Waals surface area contributed by atoms with Gasteiger partial charge in [-0.2, -0.15) is 0 Å². The molecule has 0 aliphatic heterocycles. The highest BCUT2D eigenvalue weighted by Gasteiger charge is 2.39. The molecule has 0 radical (unpaired) electrons. The maximum absolute atomic E-state index is 6.34. The van der Waals surface area contributed by atoms with Crippen molar-refractivity contribution in [1.29, 1.82) is 0 Å². The standard InChI is InChI=1S/C14H27NO/c1-4-5-6-9-13(15)14(16-3)10-7-8-12(2)11-14/h4,12-13H,1,5-11,15H2,2-3H3. The quantitative estimate of drug-likeness (QED) is 0.556. The molecule has 2 nitrogen and oxygen atoms in total. The first-order valence-corrected chi connectivity index (χ1v) is 6.56. The number of rotatable bonds is 6. The Hall–Kier alpha value is -0.340. The van der Waals surface area contributed by atoms with Crippen molar-refractivity contribution in [3.8, 4) is 0 Å². The third-order valence-electron chi connectivity index (χ3n) is 4.00. The van der Waals surface area contributed by atoms with Gasteiger partial charge in [0.15, 0.2) is 0 Å². The second kappa shape index (κ2) is 6.41. The summed E-state index contributed by atoms with van der Waals surface area (Å²) >= 11 is 0. The second-order valence-corrected chi connectivity index (χ2v) is 5.30. The van der Waals surface area contributed by atoms with Crippen LogP contribution in [0, 0.1) is 5.92 Å². The van der Waals surface area contributed by atoms with E-state index in [0.29, 0.717) is 0 Å². The van der Waals surface area contributed by atoms with E-state index in [1.807, 2.05) is 13.2 Å². The number of allylic oxidation sites excluding steroid dienone is 1. The highest BCUT2D eigenvalue weighted by molar-refractivity contribution is 4.95. The van der Waals surface area contributed by atoms with Gasteiger partial charge in [-0.3, -0.25) is 0 Å². The minimum atomic E-state index is -0.0567. The molecule has 2 N–H and O–H groups in total. The van der Waals surface area contributed by atoms with Gasteiger partial charge in [0.25, 0.3) is 0 Å². The number of unbranched alkanes of at least 4 members (excludes halogenated alkanes) is 1. The molecule has 1 aliphatic rings. The summed E-state index contributed by atoms with van der Waals surface area (Å²) in [6, 6.07) is 0.181. The van der Waals surface area contributed by atoms with E-state index in [1.165, 1.54) is 12.8 Å². The summed E-state index contributed by atoms with van der Waals surface area (Å²) in [6.45, 7) is 6.06. The molecule has 0 aromatic rings. The van der Waals surface area contributed by atoms with Crippen LogP contribution < -0.4 is 5.73 Å². The van der Waals surface area contributed by atoms with Crippen molar-refractivity contribution in [1.82, 2.24) is 0 Å². The smallest absolute Gasteiger partial charge is 0.0831 e. The van der Waals surface area contributed by atoms with Crippen molar-refractivity contribution >= 4 is 0 Å². The number of nitrogens with two attached hydrogens (primary N) is 1. The average molecular weight is 225 g/mol. The van der Waals surface area contributed by atoms with Gasteiger partial charge in [-0.1, -0.05) is 25.8 Å². The fourth-order valence-corrected chi connectivity index (χ4v) is 2.96. The van der Waals surface area contributed by atoms with Gasteiger partial charge in [0.1, 0.15) is 0 Å². The Morgan fingerprint density at radius 2 is 2.38 bits per heavy atom. The van der Waals surface area contributed by atoms with Crippen molar-refractivity contribution in [2.45, 2.75) is 63.5 Å². The molecule has 0 saturated heterocycles. The van der Waals surface area contributed by atoms with E-state index in [1.54, 1.807) is 0 Å². The third-order valence-corrected chi connectivity index (χ3v) is 4.00. The first-order valence-electron chi connectivity index (χ1n) is 6.56. The number of methoxy groups -OCH3 is 1. The molecule has 1 rings (SSSR count). The van der Waals surface area contributed by atoms with E-state index in [9.17, 15) is 0 Å². The van der Waals surface area contributed by atoms with Crippen LogP contribution in [0.4, 0.5) is 0 Å². The van der Waals surface area contributed by atoms with E-state index in [4.69, 9.17) is 10.5 Å². The number of ether oxygens (including phenoxy) is 1. The number of hydrogen-bond acceptors (Lipinski definition) is 2. The Bertz CT molecular complexity index is 217. The minimum Gasteiger partial charge on any atom is -0.377 e. The van der Waals surface area contributed by atoms with Gasteiger partial charge in [-0.25, -0.2) is 0 Å². The van der Waals surface area contributed by atoms with E-state index < -0.39 is 0 Å². The lowest BCUT2D eigenvalue weighted by Gasteiger charge is -2.43. The molecular formula is C14H27NO. The van der Waals surface area contributed by atoms with Crippen LogP contribution in [-0.2, 0) is 4.74 Å². The van der Waals surface area contributed by atoms with Crippen LogP contribution >= 0.6 is 0 Å². The lowest BCUT2D eigenvalue weighted by atomic mass is 9.73. The summed E-state index contributed by atoms with van der Waals surface area (Å²) in [7, 11) is 1.82. The van der Waals surface area contributed by atoms with Crippen molar-refractivity contribution in [2.24, 2.45) is 11.7 Å². The maximum atomic E-state index is 6.34. The zero-order valence-corrected chi connectivity index (χ0v) is 10.9. The topological polar surface area (TPSA) is 35.2 Å². The first-order chi connectivity index (χ1) is 7.64. The van der Waals surface area contributed by atoms with Crippen LogP contribution in [0.15, 0.2) is 12.7 Å². The SMILES string of the molecule is C=CCCCC(N)C1(OC)CCCC(C)C1. The van der Waals surface area contributed by atoms with Crippen LogP contribution in [0.25, 0.3) is 0 Å². The Kier molecular flexibility index (Phi) is 5.50. The molecule has 3 atom stereocenters. The van der Waals surface area contributed by atoms with Gasteiger partial charge in [0.2, 0.25) is 0 Å². The normalized spacial score (nSPS) is 32.3. The highest BCUT2D eigenvalue weighted by Crippen LogP contribution is 2.37. The van der Waals surface area contributed by atoms with Crippen molar-refractivity contribution in [3.05, 3.63) is 12.7 Å². The molecular weight excluding hydrogens is 198 g/mol. The molecule has 2 heteroatoms. The molecule has 0 spiro atoms. The average Bonchev–Trinajstić information content (AvgIpc) is 2.29. The summed E-state index contributed by atoms with van der Waals surface area (Å²) < 4.78 is 5.79. The molecule has 94 valence electrons. The Morgan fingerprint density at radius 3 is 2.94 bits per heavy atom. The Morgan fingerprint density at radius 1 is 1.62 bits per heavy atom. The molecule has 1 fully saturated rings. The fraction of sp³-hybridized carbons (Fsp3) is 0.857. The predicted octanol–water partition coefficient (Wildman–Crippen LogP) is 3.27. The molecule has 0 aromatic carbocycles. The van der Waals surface area contributed by atoms with Gasteiger partial charge in [0.05, 0.1) is 5.60 Å². The summed E-state index contributed by atoms with van der Waals surface area (Å²) in [5.74, 6) is 0.749. The molecule has 0 bridgehead atoms. The minimum absolute atomic E-state index is 0.0567. The highest BCUT2D eigenvalue weighted by atomic mass is 16.5. The lowest BCUT2D eigenvalue weighted by molar-refractivity contribution is -0.0724. The van der Waals surface area contributed by atoms with Crippen molar-refractivity contribution in [3.63, 3.8) is 0 Å². The van der Waals surface area contributed by atoms with Crippen LogP contribution in [-0.4, -0.2) is 18.8 Å². The number of hydrogen-bond donors (Lipinski definition) is 1. The van der Waals surface area contributed by atoms with Gasteiger partial charge in [-0.05, 0) is 38.0 Å². The van der Waals surface area contributed by atoms with E-state index in [0.717, 1.165) is 38.0 Å². The third kappa shape index (κ3) is 3.33. The molecule has 3 unspecified atom stereocenters. The van der Waals surface area contributed by atoms with Crippen LogP contribution in [0.5, 0.6) is 0 Å². The van der Waals surface area contributed by atoms with E-state index >= 15 is 0 Å². The molecule has 0 heterocycles. The Balaban J connectivity index is 2.52. The largest absolute Gasteiger partial charge is 0.377 e. The molecule has 1 saturated carbocycles. The lowest BCUT2D eigenvalue weighted by Crippen LogP contribution is -2.52. The monoisotopic (exact) mass is 225 g/mol. The van der Waals surface area contributed by atoms with Crippen LogP contribution in [0.3, 0.4) is 0 Å². The summed E-state index contributed by atoms with van der Waals surface area (Å²) in [6.07, 6.45) is 10.0. The van der Waals surface area contributed by atoms with E-state index in [2.05, 4.69) is 13.5 Å². The predicted molar refractivity (Wildman–Crippen MR) is 69.4 cm³/mol. The van der Waals surface area contributed by atoms with Gasteiger partial charge >= 0.3 is 0 Å². The molecule has 0 aromatic heterocycles. The van der Waals surface area contributed by atoms with Gasteiger partial charge in [-0.15, -0.1) is 6.58 Å². The first kappa shape index (κ1) is 13.7. The molecule has 0 amide bonds. The molecule has 1 aliphatic carbocycles. The van der Waals surface area contributed by atoms with E-state index in [-0.39, 0.29) is 11.6 Å². The zero-order chi connectivity index (χ0) is 12.0. The van der Waals surface area contributed by atoms with Crippen molar-refractivity contribution < 1.29 is 4.74 Å². The zero-order valence-electron chi connectivity index (χ0n) is 10.9. The van der Waals surface area contributed by atoms with Crippen molar-refractivity contribution in [2.75, 3.05) is 7.11 Å². The molecule has 16 heavy (non-hydrogen) atoms. The van der Waals surface area contributed by atoms with Crippen LogP contribution in [0.2, 0.25) is 0 Å². The van der Waals surface area contributed by atoms with Crippen LogP contribution in [0.1, 0.15) is 51.9 Å². The summed E-state index contributed by atoms with van der Waals surface area (Å²) in [5, 5.41) is 0. The fourth-order valence-electron chi connectivity index (χ4n) is 2.96. The maximum Gasteiger partial charge on any atom is 0.0831 e. The summed E-state index contributed by atoms with van der Waals surface area (Å²) in [5.41, 5.74) is 6.28. The summed E-state index contributed by atoms with van der Waals surface area (Å²) in [4.78, 5) is 0. The van der Waals surface area contributed by atoms with Gasteiger partial charge in [0, 0.05) is 13.2 Å². The Labute approximate surface area is 100 Å².